The van der Waals surface area contributed by atoms with Crippen molar-refractivity contribution in [1.82, 2.24) is 4.90 Å². The van der Waals surface area contributed by atoms with Gasteiger partial charge in [0, 0.05) is 31.4 Å². The topological polar surface area (TPSA) is 53.0 Å². The Kier molecular flexibility index (Phi) is 4.89. The standard InChI is InChI=1S/C19H22N2O3/c1-15-13-20(11-12-21(15)19(22)23)17-7-9-18(10-8-17)24-14-16-5-3-2-4-6-16/h2-10,15H,11-14H2,1H3,(H,22,23)/t15-/m0/s1. The van der Waals surface area contributed by atoms with Crippen LogP contribution >= 0.6 is 0 Å². The minimum atomic E-state index is -0.841. The molecule has 5 nitrogen and oxygen atoms in total. The van der Waals surface area contributed by atoms with E-state index in [0.717, 1.165) is 17.0 Å². The molecule has 1 fully saturated rings. The number of hydrogen-bond donors (Lipinski definition) is 1. The molecule has 1 aliphatic heterocycles. The number of ether oxygens (including phenoxy) is 1. The average molecular weight is 326 g/mol. The maximum absolute atomic E-state index is 11.1. The summed E-state index contributed by atoms with van der Waals surface area (Å²) in [6, 6.07) is 18.1. The highest BCUT2D eigenvalue weighted by Gasteiger charge is 2.27. The molecule has 5 heteroatoms. The molecule has 0 aliphatic carbocycles. The van der Waals surface area contributed by atoms with Gasteiger partial charge in [-0.15, -0.1) is 0 Å². The van der Waals surface area contributed by atoms with E-state index in [9.17, 15) is 4.79 Å². The predicted molar refractivity (Wildman–Crippen MR) is 93.6 cm³/mol. The SMILES string of the molecule is C[C@H]1CN(c2ccc(OCc3ccccc3)cc2)CCN1C(=O)O. The van der Waals surface area contributed by atoms with E-state index in [1.165, 1.54) is 4.90 Å². The molecule has 2 aromatic rings. The monoisotopic (exact) mass is 326 g/mol. The van der Waals surface area contributed by atoms with Crippen LogP contribution in [0, 0.1) is 0 Å². The lowest BCUT2D eigenvalue weighted by Gasteiger charge is -2.39. The van der Waals surface area contributed by atoms with Crippen molar-refractivity contribution in [3.05, 3.63) is 60.2 Å². The highest BCUT2D eigenvalue weighted by Crippen LogP contribution is 2.23. The second kappa shape index (κ2) is 7.25. The maximum Gasteiger partial charge on any atom is 0.407 e. The van der Waals surface area contributed by atoms with Gasteiger partial charge in [0.05, 0.1) is 0 Å². The number of anilines is 1. The Morgan fingerprint density at radius 3 is 2.46 bits per heavy atom. The van der Waals surface area contributed by atoms with Gasteiger partial charge in [-0.1, -0.05) is 30.3 Å². The molecule has 3 rings (SSSR count). The second-order valence-electron chi connectivity index (χ2n) is 6.04. The van der Waals surface area contributed by atoms with Gasteiger partial charge in [-0.2, -0.15) is 0 Å². The van der Waals surface area contributed by atoms with Gasteiger partial charge < -0.3 is 19.6 Å². The Morgan fingerprint density at radius 1 is 1.12 bits per heavy atom. The first-order valence-electron chi connectivity index (χ1n) is 8.15. The van der Waals surface area contributed by atoms with Gasteiger partial charge in [0.1, 0.15) is 12.4 Å². The molecular formula is C19H22N2O3. The summed E-state index contributed by atoms with van der Waals surface area (Å²) in [7, 11) is 0. The molecule has 1 N–H and O–H groups in total. The second-order valence-corrected chi connectivity index (χ2v) is 6.04. The summed E-state index contributed by atoms with van der Waals surface area (Å²) in [6.07, 6.45) is -0.841. The summed E-state index contributed by atoms with van der Waals surface area (Å²) in [5, 5.41) is 9.15. The lowest BCUT2D eigenvalue weighted by atomic mass is 10.1. The van der Waals surface area contributed by atoms with E-state index in [1.54, 1.807) is 0 Å². The Morgan fingerprint density at radius 2 is 1.83 bits per heavy atom. The fourth-order valence-electron chi connectivity index (χ4n) is 2.97. The zero-order valence-corrected chi connectivity index (χ0v) is 13.8. The number of hydrogen-bond acceptors (Lipinski definition) is 3. The number of nitrogens with zero attached hydrogens (tertiary/aromatic N) is 2. The average Bonchev–Trinajstić information content (AvgIpc) is 2.61. The highest BCUT2D eigenvalue weighted by atomic mass is 16.5. The Hall–Kier alpha value is -2.69. The first-order valence-corrected chi connectivity index (χ1v) is 8.15. The summed E-state index contributed by atoms with van der Waals surface area (Å²) in [4.78, 5) is 14.8. The summed E-state index contributed by atoms with van der Waals surface area (Å²) in [6.45, 7) is 4.44. The molecule has 24 heavy (non-hydrogen) atoms. The van der Waals surface area contributed by atoms with Crippen molar-refractivity contribution in [2.45, 2.75) is 19.6 Å². The number of carbonyl (C=O) groups is 1. The van der Waals surface area contributed by atoms with Crippen molar-refractivity contribution >= 4 is 11.8 Å². The van der Waals surface area contributed by atoms with E-state index in [2.05, 4.69) is 4.90 Å². The van der Waals surface area contributed by atoms with E-state index in [1.807, 2.05) is 61.5 Å². The zero-order valence-electron chi connectivity index (χ0n) is 13.8. The van der Waals surface area contributed by atoms with Gasteiger partial charge in [-0.3, -0.25) is 0 Å². The number of carboxylic acid groups (broad SMARTS) is 1. The van der Waals surface area contributed by atoms with Crippen molar-refractivity contribution in [1.29, 1.82) is 0 Å². The van der Waals surface area contributed by atoms with Gasteiger partial charge in [0.2, 0.25) is 0 Å². The molecule has 0 radical (unpaired) electrons. The van der Waals surface area contributed by atoms with Gasteiger partial charge in [0.15, 0.2) is 0 Å². The number of rotatable bonds is 4. The van der Waals surface area contributed by atoms with Crippen LogP contribution in [0.4, 0.5) is 10.5 Å². The molecule has 126 valence electrons. The first-order chi connectivity index (χ1) is 11.6. The van der Waals surface area contributed by atoms with E-state index in [0.29, 0.717) is 26.2 Å². The van der Waals surface area contributed by atoms with Crippen LogP contribution in [0.25, 0.3) is 0 Å². The molecule has 2 aromatic carbocycles. The molecule has 1 saturated heterocycles. The number of piperazine rings is 1. The van der Waals surface area contributed by atoms with Crippen molar-refractivity contribution < 1.29 is 14.6 Å². The van der Waals surface area contributed by atoms with E-state index >= 15 is 0 Å². The zero-order chi connectivity index (χ0) is 16.9. The number of amides is 1. The predicted octanol–water partition coefficient (Wildman–Crippen LogP) is 3.45. The van der Waals surface area contributed by atoms with Crippen LogP contribution < -0.4 is 9.64 Å². The van der Waals surface area contributed by atoms with E-state index < -0.39 is 6.09 Å². The quantitative estimate of drug-likeness (QED) is 0.935. The van der Waals surface area contributed by atoms with Gasteiger partial charge in [-0.05, 0) is 36.8 Å². The largest absolute Gasteiger partial charge is 0.489 e. The number of benzene rings is 2. The van der Waals surface area contributed by atoms with E-state index in [4.69, 9.17) is 9.84 Å². The van der Waals surface area contributed by atoms with Crippen LogP contribution in [0.5, 0.6) is 5.75 Å². The molecule has 1 amide bonds. The van der Waals surface area contributed by atoms with Crippen molar-refractivity contribution in [3.8, 4) is 5.75 Å². The fraction of sp³-hybridized carbons (Fsp3) is 0.316. The Bertz CT molecular complexity index is 673. The minimum absolute atomic E-state index is 0.00902. The Labute approximate surface area is 142 Å². The minimum Gasteiger partial charge on any atom is -0.489 e. The van der Waals surface area contributed by atoms with Crippen LogP contribution in [0.1, 0.15) is 12.5 Å². The molecule has 1 heterocycles. The summed E-state index contributed by atoms with van der Waals surface area (Å²) < 4.78 is 5.80. The Balaban J connectivity index is 1.58. The molecule has 0 bridgehead atoms. The molecule has 1 aliphatic rings. The van der Waals surface area contributed by atoms with Crippen molar-refractivity contribution in [2.75, 3.05) is 24.5 Å². The van der Waals surface area contributed by atoms with Crippen molar-refractivity contribution in [2.24, 2.45) is 0 Å². The molecule has 0 saturated carbocycles. The third-order valence-electron chi connectivity index (χ3n) is 4.32. The molecule has 0 aromatic heterocycles. The van der Waals surface area contributed by atoms with Crippen LogP contribution in [-0.2, 0) is 6.61 Å². The third kappa shape index (κ3) is 3.79. The van der Waals surface area contributed by atoms with Gasteiger partial charge in [0.25, 0.3) is 0 Å². The first kappa shape index (κ1) is 16.2. The lowest BCUT2D eigenvalue weighted by molar-refractivity contribution is 0.122. The van der Waals surface area contributed by atoms with Crippen LogP contribution in [0.15, 0.2) is 54.6 Å². The van der Waals surface area contributed by atoms with Gasteiger partial charge in [-0.25, -0.2) is 4.79 Å². The molecule has 0 unspecified atom stereocenters. The van der Waals surface area contributed by atoms with Crippen molar-refractivity contribution in [3.63, 3.8) is 0 Å². The summed E-state index contributed by atoms with van der Waals surface area (Å²) >= 11 is 0. The van der Waals surface area contributed by atoms with Crippen LogP contribution in [0.3, 0.4) is 0 Å². The molecule has 1 atom stereocenters. The lowest BCUT2D eigenvalue weighted by Crippen LogP contribution is -2.53. The smallest absolute Gasteiger partial charge is 0.407 e. The molecule has 0 spiro atoms. The summed E-state index contributed by atoms with van der Waals surface area (Å²) in [5.41, 5.74) is 2.24. The molecular weight excluding hydrogens is 304 g/mol. The normalized spacial score (nSPS) is 17.6. The third-order valence-corrected chi connectivity index (χ3v) is 4.32. The fourth-order valence-corrected chi connectivity index (χ4v) is 2.97. The highest BCUT2D eigenvalue weighted by molar-refractivity contribution is 5.66. The van der Waals surface area contributed by atoms with Crippen LogP contribution in [0.2, 0.25) is 0 Å². The van der Waals surface area contributed by atoms with Gasteiger partial charge >= 0.3 is 6.09 Å². The van der Waals surface area contributed by atoms with E-state index in [-0.39, 0.29) is 6.04 Å². The maximum atomic E-state index is 11.1. The summed E-state index contributed by atoms with van der Waals surface area (Å²) in [5.74, 6) is 0.833. The van der Waals surface area contributed by atoms with Crippen LogP contribution in [-0.4, -0.2) is 41.8 Å².